The molecular weight excluding hydrogens is 443 g/mol. The SMILES string of the molecule is Fc1cncc(-c2nc(N[C@@H]3CCC4=C(C3)c3ccccc3C4)n3ncc(C4CCOC4)c3n2)c1. The zero-order valence-corrected chi connectivity index (χ0v) is 19.2. The number of allylic oxidation sites excluding steroid dienone is 1. The standard InChI is InChI=1S/C27H25FN6O/c28-20-10-19(12-29-13-20)25-32-26-24(18-7-8-35-15-18)14-30-34(26)27(33-25)31-21-6-5-17-9-16-3-1-2-4-22(16)23(17)11-21/h1-4,10,12-14,18,21H,5-9,11,15H2,(H,31,32,33)/t18?,21-/m1/s1. The number of pyridine rings is 1. The van der Waals surface area contributed by atoms with Crippen LogP contribution in [0.25, 0.3) is 22.6 Å². The first-order chi connectivity index (χ1) is 17.2. The number of hydrogen-bond acceptors (Lipinski definition) is 6. The molecule has 1 aromatic carbocycles. The van der Waals surface area contributed by atoms with Crippen LogP contribution in [0.1, 0.15) is 48.3 Å². The van der Waals surface area contributed by atoms with Gasteiger partial charge in [-0.1, -0.05) is 29.8 Å². The minimum absolute atomic E-state index is 0.221. The number of nitrogens with one attached hydrogen (secondary N) is 1. The summed E-state index contributed by atoms with van der Waals surface area (Å²) in [6.07, 6.45) is 9.70. The number of fused-ring (bicyclic) bond motifs is 3. The number of aromatic nitrogens is 5. The minimum Gasteiger partial charge on any atom is -0.381 e. The minimum atomic E-state index is -0.412. The first kappa shape index (κ1) is 20.7. The van der Waals surface area contributed by atoms with Crippen LogP contribution in [0.4, 0.5) is 10.3 Å². The van der Waals surface area contributed by atoms with Gasteiger partial charge in [-0.2, -0.15) is 14.6 Å². The molecule has 4 heterocycles. The number of benzene rings is 1. The highest BCUT2D eigenvalue weighted by Gasteiger charge is 2.29. The van der Waals surface area contributed by atoms with Crippen molar-refractivity contribution in [2.45, 2.75) is 44.1 Å². The molecule has 176 valence electrons. The molecule has 7 nitrogen and oxygen atoms in total. The second kappa shape index (κ2) is 8.23. The Kier molecular flexibility index (Phi) is 4.87. The Bertz CT molecular complexity index is 1470. The quantitative estimate of drug-likeness (QED) is 0.464. The summed E-state index contributed by atoms with van der Waals surface area (Å²) in [6.45, 7) is 1.39. The van der Waals surface area contributed by atoms with Crippen molar-refractivity contribution in [1.29, 1.82) is 0 Å². The number of hydrogen-bond donors (Lipinski definition) is 1. The second-order valence-electron chi connectivity index (χ2n) is 9.66. The molecule has 1 fully saturated rings. The first-order valence-corrected chi connectivity index (χ1v) is 12.2. The molecule has 0 saturated carbocycles. The van der Waals surface area contributed by atoms with E-state index in [1.807, 2.05) is 6.20 Å². The summed E-state index contributed by atoms with van der Waals surface area (Å²) >= 11 is 0. The van der Waals surface area contributed by atoms with Gasteiger partial charge in [0.2, 0.25) is 5.95 Å². The summed E-state index contributed by atoms with van der Waals surface area (Å²) in [5.41, 5.74) is 8.16. The van der Waals surface area contributed by atoms with Gasteiger partial charge in [0.05, 0.1) is 19.0 Å². The number of halogens is 1. The third kappa shape index (κ3) is 3.60. The summed E-state index contributed by atoms with van der Waals surface area (Å²) in [5, 5.41) is 8.32. The van der Waals surface area contributed by atoms with Crippen molar-refractivity contribution in [3.8, 4) is 11.4 Å². The van der Waals surface area contributed by atoms with E-state index in [9.17, 15) is 4.39 Å². The maximum Gasteiger partial charge on any atom is 0.228 e. The zero-order valence-electron chi connectivity index (χ0n) is 19.2. The second-order valence-corrected chi connectivity index (χ2v) is 9.66. The highest BCUT2D eigenvalue weighted by Crippen LogP contribution is 2.42. The normalized spacial score (nSPS) is 21.4. The van der Waals surface area contributed by atoms with Crippen LogP contribution in [0, 0.1) is 5.82 Å². The van der Waals surface area contributed by atoms with Crippen LogP contribution in [0.5, 0.6) is 0 Å². The van der Waals surface area contributed by atoms with Crippen LogP contribution < -0.4 is 5.32 Å². The molecule has 1 N–H and O–H groups in total. The number of anilines is 1. The predicted octanol–water partition coefficient (Wildman–Crippen LogP) is 4.80. The Morgan fingerprint density at radius 1 is 1.09 bits per heavy atom. The third-order valence-corrected chi connectivity index (χ3v) is 7.48. The fourth-order valence-electron chi connectivity index (χ4n) is 5.71. The average Bonchev–Trinajstić information content (AvgIpc) is 3.62. The van der Waals surface area contributed by atoms with E-state index in [2.05, 4.69) is 39.7 Å². The van der Waals surface area contributed by atoms with E-state index in [1.54, 1.807) is 16.3 Å². The van der Waals surface area contributed by atoms with E-state index >= 15 is 0 Å². The molecule has 35 heavy (non-hydrogen) atoms. The Hall–Kier alpha value is -3.65. The molecule has 2 atom stereocenters. The van der Waals surface area contributed by atoms with E-state index in [4.69, 9.17) is 14.7 Å². The van der Waals surface area contributed by atoms with E-state index in [-0.39, 0.29) is 12.0 Å². The van der Waals surface area contributed by atoms with Crippen molar-refractivity contribution in [3.05, 3.63) is 77.0 Å². The van der Waals surface area contributed by atoms with Gasteiger partial charge in [-0.3, -0.25) is 4.98 Å². The number of rotatable bonds is 4. The number of nitrogens with zero attached hydrogens (tertiary/aromatic N) is 5. The predicted molar refractivity (Wildman–Crippen MR) is 130 cm³/mol. The van der Waals surface area contributed by atoms with Crippen molar-refractivity contribution < 1.29 is 9.13 Å². The molecule has 8 heteroatoms. The summed E-state index contributed by atoms with van der Waals surface area (Å²) in [6, 6.07) is 10.4. The molecule has 3 aliphatic rings. The first-order valence-electron chi connectivity index (χ1n) is 12.2. The lowest BCUT2D eigenvalue weighted by Gasteiger charge is -2.26. The van der Waals surface area contributed by atoms with Gasteiger partial charge in [-0.05, 0) is 54.9 Å². The maximum atomic E-state index is 14.0. The fraction of sp³-hybridized carbons (Fsp3) is 0.333. The molecule has 1 saturated heterocycles. The van der Waals surface area contributed by atoms with Gasteiger partial charge in [0.25, 0.3) is 0 Å². The van der Waals surface area contributed by atoms with Crippen molar-refractivity contribution in [2.24, 2.45) is 0 Å². The molecule has 4 aromatic rings. The summed E-state index contributed by atoms with van der Waals surface area (Å²) in [5.74, 6) is 0.894. The van der Waals surface area contributed by atoms with Gasteiger partial charge in [-0.25, -0.2) is 9.37 Å². The Morgan fingerprint density at radius 3 is 2.91 bits per heavy atom. The number of ether oxygens (including phenoxy) is 1. The van der Waals surface area contributed by atoms with Crippen LogP contribution in [0.2, 0.25) is 0 Å². The summed E-state index contributed by atoms with van der Waals surface area (Å²) < 4.78 is 21.4. The van der Waals surface area contributed by atoms with Gasteiger partial charge in [0, 0.05) is 35.9 Å². The Balaban J connectivity index is 1.27. The third-order valence-electron chi connectivity index (χ3n) is 7.48. The molecule has 0 amide bonds. The summed E-state index contributed by atoms with van der Waals surface area (Å²) in [4.78, 5) is 13.6. The molecule has 7 rings (SSSR count). The lowest BCUT2D eigenvalue weighted by atomic mass is 9.88. The zero-order chi connectivity index (χ0) is 23.4. The van der Waals surface area contributed by atoms with E-state index < -0.39 is 5.82 Å². The molecular formula is C27H25FN6O. The van der Waals surface area contributed by atoms with Gasteiger partial charge in [-0.15, -0.1) is 0 Å². The molecule has 2 aliphatic carbocycles. The topological polar surface area (TPSA) is 77.2 Å². The van der Waals surface area contributed by atoms with Gasteiger partial charge >= 0.3 is 0 Å². The Morgan fingerprint density at radius 2 is 2.03 bits per heavy atom. The van der Waals surface area contributed by atoms with Gasteiger partial charge in [0.15, 0.2) is 11.5 Å². The van der Waals surface area contributed by atoms with Crippen LogP contribution >= 0.6 is 0 Å². The summed E-state index contributed by atoms with van der Waals surface area (Å²) in [7, 11) is 0. The molecule has 3 aromatic heterocycles. The molecule has 1 aliphatic heterocycles. The van der Waals surface area contributed by atoms with E-state index in [0.717, 1.165) is 49.9 Å². The Labute approximate surface area is 202 Å². The lowest BCUT2D eigenvalue weighted by molar-refractivity contribution is 0.194. The smallest absolute Gasteiger partial charge is 0.228 e. The highest BCUT2D eigenvalue weighted by molar-refractivity contribution is 5.77. The average molecular weight is 469 g/mol. The van der Waals surface area contributed by atoms with Crippen molar-refractivity contribution >= 4 is 17.2 Å². The van der Waals surface area contributed by atoms with Crippen LogP contribution in [0.3, 0.4) is 0 Å². The highest BCUT2D eigenvalue weighted by atomic mass is 19.1. The van der Waals surface area contributed by atoms with Crippen molar-refractivity contribution in [2.75, 3.05) is 18.5 Å². The van der Waals surface area contributed by atoms with Crippen LogP contribution in [0.15, 0.2) is 54.5 Å². The van der Waals surface area contributed by atoms with Crippen molar-refractivity contribution in [3.63, 3.8) is 0 Å². The molecule has 0 bridgehead atoms. The van der Waals surface area contributed by atoms with Crippen LogP contribution in [-0.4, -0.2) is 43.8 Å². The van der Waals surface area contributed by atoms with Crippen molar-refractivity contribution in [1.82, 2.24) is 24.6 Å². The maximum absolute atomic E-state index is 14.0. The molecule has 1 unspecified atom stereocenters. The van der Waals surface area contributed by atoms with Crippen LogP contribution in [-0.2, 0) is 11.2 Å². The molecule has 0 spiro atoms. The fourth-order valence-corrected chi connectivity index (χ4v) is 5.71. The van der Waals surface area contributed by atoms with E-state index in [1.165, 1.54) is 29.0 Å². The van der Waals surface area contributed by atoms with Gasteiger partial charge in [0.1, 0.15) is 5.82 Å². The van der Waals surface area contributed by atoms with Gasteiger partial charge < -0.3 is 10.1 Å². The monoisotopic (exact) mass is 468 g/mol. The van der Waals surface area contributed by atoms with E-state index in [0.29, 0.717) is 23.9 Å². The largest absolute Gasteiger partial charge is 0.381 e. The molecule has 0 radical (unpaired) electrons. The lowest BCUT2D eigenvalue weighted by Crippen LogP contribution is -2.25.